The first-order chi connectivity index (χ1) is 9.97. The fourth-order valence-electron chi connectivity index (χ4n) is 3.27. The average molecular weight is 310 g/mol. The summed E-state index contributed by atoms with van der Waals surface area (Å²) in [5.74, 6) is -2.67. The van der Waals surface area contributed by atoms with Crippen LogP contribution in [0.1, 0.15) is 18.4 Å². The first-order valence-electron chi connectivity index (χ1n) is 6.92. The maximum atomic E-state index is 12.5. The molecule has 2 bridgehead atoms. The number of ether oxygens (including phenoxy) is 1. The lowest BCUT2D eigenvalue weighted by atomic mass is 9.78. The number of aryl methyl sites for hydroxylation is 1. The van der Waals surface area contributed by atoms with Crippen LogP contribution < -0.4 is 5.32 Å². The van der Waals surface area contributed by atoms with Gasteiger partial charge in [0.05, 0.1) is 24.0 Å². The number of nitrogens with one attached hydrogen (secondary N) is 1. The number of anilines is 1. The highest BCUT2D eigenvalue weighted by molar-refractivity contribution is 6.31. The smallest absolute Gasteiger partial charge is 0.310 e. The van der Waals surface area contributed by atoms with Crippen molar-refractivity contribution in [2.24, 2.45) is 11.8 Å². The summed E-state index contributed by atoms with van der Waals surface area (Å²) >= 11 is 5.93. The number of benzene rings is 1. The minimum Gasteiger partial charge on any atom is -0.481 e. The van der Waals surface area contributed by atoms with Crippen molar-refractivity contribution in [3.8, 4) is 0 Å². The van der Waals surface area contributed by atoms with Gasteiger partial charge in [0, 0.05) is 10.7 Å². The molecule has 0 saturated carbocycles. The van der Waals surface area contributed by atoms with E-state index in [0.717, 1.165) is 12.0 Å². The summed E-state index contributed by atoms with van der Waals surface area (Å²) in [6, 6.07) is 5.22. The molecule has 2 aliphatic rings. The molecule has 21 heavy (non-hydrogen) atoms. The number of aliphatic carboxylic acids is 1. The predicted octanol–water partition coefficient (Wildman–Crippen LogP) is 2.47. The highest BCUT2D eigenvalue weighted by atomic mass is 35.5. The van der Waals surface area contributed by atoms with E-state index in [0.29, 0.717) is 17.1 Å². The topological polar surface area (TPSA) is 75.6 Å². The van der Waals surface area contributed by atoms with E-state index in [2.05, 4.69) is 5.32 Å². The fourth-order valence-corrected chi connectivity index (χ4v) is 3.44. The number of carbonyl (C=O) groups excluding carboxylic acids is 1. The third-order valence-electron chi connectivity index (χ3n) is 4.32. The largest absolute Gasteiger partial charge is 0.481 e. The summed E-state index contributed by atoms with van der Waals surface area (Å²) in [6.45, 7) is 1.86. The summed E-state index contributed by atoms with van der Waals surface area (Å²) in [7, 11) is 0. The van der Waals surface area contributed by atoms with Gasteiger partial charge in [0.1, 0.15) is 0 Å². The number of amides is 1. The molecule has 0 radical (unpaired) electrons. The number of rotatable bonds is 3. The number of hydrogen-bond donors (Lipinski definition) is 2. The van der Waals surface area contributed by atoms with Crippen molar-refractivity contribution in [1.29, 1.82) is 0 Å². The van der Waals surface area contributed by atoms with E-state index in [1.54, 1.807) is 12.1 Å². The first-order valence-corrected chi connectivity index (χ1v) is 7.30. The monoisotopic (exact) mass is 309 g/mol. The Bertz CT molecular complexity index is 603. The Morgan fingerprint density at radius 1 is 1.29 bits per heavy atom. The van der Waals surface area contributed by atoms with Gasteiger partial charge in [0.25, 0.3) is 0 Å². The van der Waals surface area contributed by atoms with Gasteiger partial charge >= 0.3 is 5.97 Å². The molecule has 1 aromatic carbocycles. The molecular formula is C15H16ClNO4. The van der Waals surface area contributed by atoms with E-state index < -0.39 is 17.8 Å². The summed E-state index contributed by atoms with van der Waals surface area (Å²) in [5, 5.41) is 12.7. The van der Waals surface area contributed by atoms with Crippen molar-refractivity contribution in [2.45, 2.75) is 32.0 Å². The maximum Gasteiger partial charge on any atom is 0.310 e. The van der Waals surface area contributed by atoms with Crippen LogP contribution in [0.3, 0.4) is 0 Å². The molecule has 1 aromatic rings. The molecule has 0 unspecified atom stereocenters. The normalized spacial score (nSPS) is 30.4. The maximum absolute atomic E-state index is 12.5. The molecule has 0 spiro atoms. The van der Waals surface area contributed by atoms with Crippen molar-refractivity contribution < 1.29 is 19.4 Å². The number of carboxylic acid groups (broad SMARTS) is 1. The Labute approximate surface area is 127 Å². The van der Waals surface area contributed by atoms with Crippen LogP contribution in [-0.4, -0.2) is 29.2 Å². The van der Waals surface area contributed by atoms with E-state index in [4.69, 9.17) is 16.3 Å². The number of hydrogen-bond acceptors (Lipinski definition) is 3. The molecule has 2 N–H and O–H groups in total. The number of carbonyl (C=O) groups is 2. The summed E-state index contributed by atoms with van der Waals surface area (Å²) in [6.07, 6.45) is 0.808. The second-order valence-corrected chi connectivity index (χ2v) is 6.07. The highest BCUT2D eigenvalue weighted by Gasteiger charge is 2.55. The zero-order valence-electron chi connectivity index (χ0n) is 11.5. The van der Waals surface area contributed by atoms with Crippen LogP contribution in [0.5, 0.6) is 0 Å². The quantitative estimate of drug-likeness (QED) is 0.899. The summed E-state index contributed by atoms with van der Waals surface area (Å²) < 4.78 is 5.60. The lowest BCUT2D eigenvalue weighted by Crippen LogP contribution is -2.41. The van der Waals surface area contributed by atoms with Crippen LogP contribution in [0.2, 0.25) is 5.02 Å². The molecule has 0 aliphatic carbocycles. The van der Waals surface area contributed by atoms with E-state index in [-0.39, 0.29) is 18.1 Å². The minimum absolute atomic E-state index is 0.296. The standard InChI is InChI=1S/C15H16ClNO4/c1-7-2-3-8(16)6-9(7)17-14(18)12-10-4-5-11(21-10)13(12)15(19)20/h2-3,6,10-13H,4-5H2,1H3,(H,17,18)(H,19,20)/t10-,11-,12+,13-/m0/s1. The van der Waals surface area contributed by atoms with Gasteiger partial charge in [0.2, 0.25) is 5.91 Å². The lowest BCUT2D eigenvalue weighted by molar-refractivity contribution is -0.147. The molecule has 4 atom stereocenters. The van der Waals surface area contributed by atoms with Gasteiger partial charge in [-0.1, -0.05) is 17.7 Å². The Balaban J connectivity index is 1.81. The predicted molar refractivity (Wildman–Crippen MR) is 77.3 cm³/mol. The van der Waals surface area contributed by atoms with E-state index in [1.165, 1.54) is 0 Å². The first kappa shape index (κ1) is 14.4. The van der Waals surface area contributed by atoms with Crippen molar-refractivity contribution in [3.63, 3.8) is 0 Å². The molecule has 2 fully saturated rings. The Kier molecular flexibility index (Phi) is 3.63. The molecule has 2 saturated heterocycles. The molecule has 112 valence electrons. The van der Waals surface area contributed by atoms with Crippen molar-refractivity contribution in [1.82, 2.24) is 0 Å². The summed E-state index contributed by atoms with van der Waals surface area (Å²) in [5.41, 5.74) is 1.49. The van der Waals surface area contributed by atoms with Crippen LogP contribution in [0, 0.1) is 18.8 Å². The van der Waals surface area contributed by atoms with Gasteiger partial charge in [-0.05, 0) is 37.5 Å². The van der Waals surface area contributed by atoms with E-state index in [9.17, 15) is 14.7 Å². The zero-order valence-corrected chi connectivity index (χ0v) is 12.3. The van der Waals surface area contributed by atoms with Crippen LogP contribution in [0.15, 0.2) is 18.2 Å². The van der Waals surface area contributed by atoms with Crippen molar-refractivity contribution in [2.75, 3.05) is 5.32 Å². The van der Waals surface area contributed by atoms with E-state index in [1.807, 2.05) is 13.0 Å². The molecule has 0 aromatic heterocycles. The molecule has 1 amide bonds. The van der Waals surface area contributed by atoms with Crippen molar-refractivity contribution >= 4 is 29.2 Å². The number of fused-ring (bicyclic) bond motifs is 2. The Morgan fingerprint density at radius 2 is 1.95 bits per heavy atom. The SMILES string of the molecule is Cc1ccc(Cl)cc1NC(=O)[C@H]1[C@@H](C(=O)O)[C@@H]2CC[C@@H]1O2. The zero-order chi connectivity index (χ0) is 15.1. The molecule has 6 heteroatoms. The van der Waals surface area contributed by atoms with Gasteiger partial charge in [-0.2, -0.15) is 0 Å². The van der Waals surface area contributed by atoms with Crippen molar-refractivity contribution in [3.05, 3.63) is 28.8 Å². The second kappa shape index (κ2) is 5.31. The van der Waals surface area contributed by atoms with Crippen LogP contribution in [0.25, 0.3) is 0 Å². The van der Waals surface area contributed by atoms with Gasteiger partial charge in [-0.3, -0.25) is 9.59 Å². The van der Waals surface area contributed by atoms with Crippen LogP contribution in [0.4, 0.5) is 5.69 Å². The van der Waals surface area contributed by atoms with Crippen LogP contribution in [-0.2, 0) is 14.3 Å². The summed E-state index contributed by atoms with van der Waals surface area (Å²) in [4.78, 5) is 23.9. The second-order valence-electron chi connectivity index (χ2n) is 5.63. The fraction of sp³-hybridized carbons (Fsp3) is 0.467. The molecule has 5 nitrogen and oxygen atoms in total. The number of halogens is 1. The molecular weight excluding hydrogens is 294 g/mol. The van der Waals surface area contributed by atoms with Gasteiger partial charge in [-0.25, -0.2) is 0 Å². The average Bonchev–Trinajstić information content (AvgIpc) is 3.03. The Morgan fingerprint density at radius 3 is 2.62 bits per heavy atom. The highest BCUT2D eigenvalue weighted by Crippen LogP contribution is 2.44. The van der Waals surface area contributed by atoms with Gasteiger partial charge in [0.15, 0.2) is 0 Å². The number of carboxylic acids is 1. The van der Waals surface area contributed by atoms with E-state index >= 15 is 0 Å². The lowest BCUT2D eigenvalue weighted by Gasteiger charge is -2.24. The molecule has 2 aliphatic heterocycles. The van der Waals surface area contributed by atoms with Crippen LogP contribution >= 0.6 is 11.6 Å². The third kappa shape index (κ3) is 2.51. The van der Waals surface area contributed by atoms with Gasteiger partial charge in [-0.15, -0.1) is 0 Å². The molecule has 2 heterocycles. The van der Waals surface area contributed by atoms with Gasteiger partial charge < -0.3 is 15.2 Å². The Hall–Kier alpha value is -1.59. The third-order valence-corrected chi connectivity index (χ3v) is 4.55. The molecule has 3 rings (SSSR count). The minimum atomic E-state index is -0.967.